The molecule has 0 amide bonds. The molecule has 4 aromatic heterocycles. The van der Waals surface area contributed by atoms with Crippen LogP contribution in [-0.4, -0.2) is 39.2 Å². The zero-order valence-electron chi connectivity index (χ0n) is 15.6. The largest absolute Gasteiger partial charge is 0.365 e. The summed E-state index contributed by atoms with van der Waals surface area (Å²) in [6.07, 6.45) is 3.70. The maximum atomic E-state index is 14.4. The van der Waals surface area contributed by atoms with Gasteiger partial charge in [0.2, 0.25) is 0 Å². The first kappa shape index (κ1) is 18.0. The summed E-state index contributed by atoms with van der Waals surface area (Å²) in [4.78, 5) is 13.1. The predicted octanol–water partition coefficient (Wildman–Crippen LogP) is 3.71. The molecule has 0 aliphatic carbocycles. The fraction of sp³-hybridized carbons (Fsp3) is 0.263. The zero-order chi connectivity index (χ0) is 19.8. The summed E-state index contributed by atoms with van der Waals surface area (Å²) in [5.74, 6) is 1.84. The Bertz CT molecular complexity index is 1170. The first-order valence-electron chi connectivity index (χ1n) is 9.24. The molecule has 1 saturated heterocycles. The molecule has 10 heteroatoms. The minimum absolute atomic E-state index is 0.264. The minimum atomic E-state index is -0.461. The molecular formula is C19H18FN7OS. The van der Waals surface area contributed by atoms with Crippen LogP contribution in [0.3, 0.4) is 0 Å². The van der Waals surface area contributed by atoms with Crippen molar-refractivity contribution in [2.24, 2.45) is 0 Å². The maximum absolute atomic E-state index is 14.4. The highest BCUT2D eigenvalue weighted by Crippen LogP contribution is 2.37. The van der Waals surface area contributed by atoms with Crippen LogP contribution in [0.4, 0.5) is 21.7 Å². The van der Waals surface area contributed by atoms with Crippen LogP contribution in [0.15, 0.2) is 34.4 Å². The lowest BCUT2D eigenvalue weighted by molar-refractivity contribution is 0.400. The number of halogens is 1. The molecule has 1 unspecified atom stereocenters. The van der Waals surface area contributed by atoms with Crippen LogP contribution < -0.4 is 16.0 Å². The number of hydrogen-bond donors (Lipinski definition) is 3. The Morgan fingerprint density at radius 1 is 1.34 bits per heavy atom. The Balaban J connectivity index is 1.62. The van der Waals surface area contributed by atoms with E-state index in [1.54, 1.807) is 12.1 Å². The SMILES string of the molecule is Cc1cc(Nc2csc3c(NC4CCNC4)nc(-c4ccncc4F)nc23)no1. The molecule has 1 fully saturated rings. The van der Waals surface area contributed by atoms with E-state index < -0.39 is 5.82 Å². The Morgan fingerprint density at radius 3 is 3.03 bits per heavy atom. The van der Waals surface area contributed by atoms with Crippen molar-refractivity contribution in [2.45, 2.75) is 19.4 Å². The third-order valence-electron chi connectivity index (χ3n) is 4.72. The Morgan fingerprint density at radius 2 is 2.28 bits per heavy atom. The van der Waals surface area contributed by atoms with Gasteiger partial charge in [-0.2, -0.15) is 0 Å². The van der Waals surface area contributed by atoms with E-state index in [4.69, 9.17) is 4.52 Å². The normalized spacial score (nSPS) is 16.4. The van der Waals surface area contributed by atoms with E-state index in [1.165, 1.54) is 23.7 Å². The first-order valence-corrected chi connectivity index (χ1v) is 10.1. The van der Waals surface area contributed by atoms with Crippen LogP contribution in [0, 0.1) is 12.7 Å². The highest BCUT2D eigenvalue weighted by Gasteiger charge is 2.21. The van der Waals surface area contributed by atoms with Crippen LogP contribution >= 0.6 is 11.3 Å². The van der Waals surface area contributed by atoms with Gasteiger partial charge >= 0.3 is 0 Å². The number of nitrogens with one attached hydrogen (secondary N) is 3. The van der Waals surface area contributed by atoms with E-state index in [2.05, 4.69) is 36.1 Å². The number of thiophene rings is 1. The zero-order valence-corrected chi connectivity index (χ0v) is 16.4. The summed E-state index contributed by atoms with van der Waals surface area (Å²) in [6.45, 7) is 3.65. The smallest absolute Gasteiger partial charge is 0.174 e. The lowest BCUT2D eigenvalue weighted by Crippen LogP contribution is -2.23. The summed E-state index contributed by atoms with van der Waals surface area (Å²) in [5.41, 5.74) is 1.78. The number of aromatic nitrogens is 4. The van der Waals surface area contributed by atoms with Crippen molar-refractivity contribution in [3.63, 3.8) is 0 Å². The molecule has 29 heavy (non-hydrogen) atoms. The van der Waals surface area contributed by atoms with Crippen LogP contribution in [0.25, 0.3) is 21.6 Å². The summed E-state index contributed by atoms with van der Waals surface area (Å²) >= 11 is 1.52. The van der Waals surface area contributed by atoms with Crippen molar-refractivity contribution in [2.75, 3.05) is 23.7 Å². The van der Waals surface area contributed by atoms with E-state index in [1.807, 2.05) is 12.3 Å². The van der Waals surface area contributed by atoms with Crippen LogP contribution in [0.5, 0.6) is 0 Å². The van der Waals surface area contributed by atoms with E-state index in [-0.39, 0.29) is 6.04 Å². The molecule has 5 rings (SSSR count). The van der Waals surface area contributed by atoms with Gasteiger partial charge < -0.3 is 20.5 Å². The van der Waals surface area contributed by atoms with Gasteiger partial charge in [0.05, 0.1) is 22.1 Å². The molecule has 0 radical (unpaired) electrons. The van der Waals surface area contributed by atoms with Crippen molar-refractivity contribution in [3.05, 3.63) is 41.5 Å². The molecule has 1 atom stereocenters. The van der Waals surface area contributed by atoms with Crippen molar-refractivity contribution in [3.8, 4) is 11.4 Å². The van der Waals surface area contributed by atoms with Crippen molar-refractivity contribution in [1.82, 2.24) is 25.4 Å². The monoisotopic (exact) mass is 411 g/mol. The Kier molecular flexibility index (Phi) is 4.57. The standard InChI is InChI=1S/C19H18FN7OS/c1-10-6-15(27-28-10)24-14-9-29-17-16(14)25-18(12-3-5-22-8-13(12)20)26-19(17)23-11-2-4-21-7-11/h3,5-6,8-9,11,21H,2,4,7H2,1H3,(H,24,27)(H,23,25,26). The van der Waals surface area contributed by atoms with Gasteiger partial charge in [-0.3, -0.25) is 4.98 Å². The molecule has 8 nitrogen and oxygen atoms in total. The molecule has 1 aliphatic heterocycles. The maximum Gasteiger partial charge on any atom is 0.174 e. The second-order valence-electron chi connectivity index (χ2n) is 6.86. The molecular weight excluding hydrogens is 393 g/mol. The number of hydrogen-bond acceptors (Lipinski definition) is 9. The summed E-state index contributed by atoms with van der Waals surface area (Å²) < 4.78 is 20.4. The average Bonchev–Trinajstić information content (AvgIpc) is 3.45. The van der Waals surface area contributed by atoms with Crippen LogP contribution in [0.1, 0.15) is 12.2 Å². The number of rotatable bonds is 5. The average molecular weight is 411 g/mol. The highest BCUT2D eigenvalue weighted by atomic mass is 32.1. The van der Waals surface area contributed by atoms with Crippen molar-refractivity contribution < 1.29 is 8.91 Å². The van der Waals surface area contributed by atoms with Gasteiger partial charge in [-0.15, -0.1) is 11.3 Å². The number of fused-ring (bicyclic) bond motifs is 1. The van der Waals surface area contributed by atoms with Crippen molar-refractivity contribution >= 4 is 38.9 Å². The predicted molar refractivity (Wildman–Crippen MR) is 110 cm³/mol. The number of pyridine rings is 1. The summed E-state index contributed by atoms with van der Waals surface area (Å²) in [5, 5.41) is 16.0. The fourth-order valence-electron chi connectivity index (χ4n) is 3.32. The number of aryl methyl sites for hydroxylation is 1. The highest BCUT2D eigenvalue weighted by molar-refractivity contribution is 7.18. The van der Waals surface area contributed by atoms with Gasteiger partial charge in [-0.1, -0.05) is 5.16 Å². The van der Waals surface area contributed by atoms with E-state index in [0.29, 0.717) is 34.3 Å². The molecule has 148 valence electrons. The molecule has 0 aromatic carbocycles. The van der Waals surface area contributed by atoms with Gasteiger partial charge in [0, 0.05) is 30.2 Å². The Hall–Kier alpha value is -3.11. The molecule has 1 aliphatic rings. The minimum Gasteiger partial charge on any atom is -0.365 e. The topological polar surface area (TPSA) is 101 Å². The third-order valence-corrected chi connectivity index (χ3v) is 5.70. The number of anilines is 3. The first-order chi connectivity index (χ1) is 14.2. The van der Waals surface area contributed by atoms with Gasteiger partial charge in [0.15, 0.2) is 17.5 Å². The Labute approximate surface area is 169 Å². The molecule has 0 spiro atoms. The third kappa shape index (κ3) is 3.52. The van der Waals surface area contributed by atoms with E-state index in [0.717, 1.165) is 29.9 Å². The molecule has 4 aromatic rings. The quantitative estimate of drug-likeness (QED) is 0.457. The molecule has 0 bridgehead atoms. The van der Waals surface area contributed by atoms with Gasteiger partial charge in [0.25, 0.3) is 0 Å². The van der Waals surface area contributed by atoms with Crippen molar-refractivity contribution in [1.29, 1.82) is 0 Å². The second-order valence-corrected chi connectivity index (χ2v) is 7.74. The molecule has 0 saturated carbocycles. The summed E-state index contributed by atoms with van der Waals surface area (Å²) in [6, 6.07) is 3.65. The van der Waals surface area contributed by atoms with Crippen LogP contribution in [-0.2, 0) is 0 Å². The van der Waals surface area contributed by atoms with Gasteiger partial charge in [-0.25, -0.2) is 14.4 Å². The van der Waals surface area contributed by atoms with Gasteiger partial charge in [0.1, 0.15) is 17.1 Å². The van der Waals surface area contributed by atoms with Gasteiger partial charge in [-0.05, 0) is 26.0 Å². The van der Waals surface area contributed by atoms with E-state index in [9.17, 15) is 4.39 Å². The second kappa shape index (κ2) is 7.37. The summed E-state index contributed by atoms with van der Waals surface area (Å²) in [7, 11) is 0. The van der Waals surface area contributed by atoms with E-state index >= 15 is 0 Å². The fourth-order valence-corrected chi connectivity index (χ4v) is 4.21. The number of nitrogens with zero attached hydrogens (tertiary/aromatic N) is 4. The molecule has 3 N–H and O–H groups in total. The lowest BCUT2D eigenvalue weighted by atomic mass is 10.2. The molecule has 5 heterocycles. The van der Waals surface area contributed by atoms with Crippen LogP contribution in [0.2, 0.25) is 0 Å². The lowest BCUT2D eigenvalue weighted by Gasteiger charge is -2.14.